The SMILES string of the molecule is COCCCNC(=O)N1CCCCC1c1nc2ccccc2s1. The Morgan fingerprint density at radius 2 is 2.30 bits per heavy atom. The van der Waals surface area contributed by atoms with Crippen LogP contribution in [0.2, 0.25) is 0 Å². The largest absolute Gasteiger partial charge is 0.385 e. The number of piperidine rings is 1. The van der Waals surface area contributed by atoms with E-state index in [1.165, 1.54) is 4.70 Å². The van der Waals surface area contributed by atoms with Gasteiger partial charge >= 0.3 is 6.03 Å². The summed E-state index contributed by atoms with van der Waals surface area (Å²) in [6, 6.07) is 8.29. The molecule has 0 saturated carbocycles. The summed E-state index contributed by atoms with van der Waals surface area (Å²) in [5, 5.41) is 4.06. The second-order valence-corrected chi connectivity index (χ2v) is 6.87. The highest BCUT2D eigenvalue weighted by atomic mass is 32.1. The van der Waals surface area contributed by atoms with Crippen LogP contribution in [-0.4, -0.2) is 42.7 Å². The van der Waals surface area contributed by atoms with Gasteiger partial charge in [0.15, 0.2) is 0 Å². The molecule has 2 amide bonds. The zero-order valence-corrected chi connectivity index (χ0v) is 14.3. The number of hydrogen-bond acceptors (Lipinski definition) is 4. The van der Waals surface area contributed by atoms with Crippen molar-refractivity contribution in [1.82, 2.24) is 15.2 Å². The van der Waals surface area contributed by atoms with Crippen molar-refractivity contribution < 1.29 is 9.53 Å². The van der Waals surface area contributed by atoms with Gasteiger partial charge in [-0.3, -0.25) is 0 Å². The minimum Gasteiger partial charge on any atom is -0.385 e. The maximum atomic E-state index is 12.5. The van der Waals surface area contributed by atoms with Crippen molar-refractivity contribution in [3.63, 3.8) is 0 Å². The van der Waals surface area contributed by atoms with Crippen LogP contribution in [0.4, 0.5) is 4.79 Å². The summed E-state index contributed by atoms with van der Waals surface area (Å²) < 4.78 is 6.21. The maximum Gasteiger partial charge on any atom is 0.317 e. The predicted octanol–water partition coefficient (Wildman–Crippen LogP) is 3.57. The number of urea groups is 1. The molecule has 1 aliphatic heterocycles. The first kappa shape index (κ1) is 16.2. The maximum absolute atomic E-state index is 12.5. The fourth-order valence-corrected chi connectivity index (χ4v) is 4.09. The number of likely N-dealkylation sites (tertiary alicyclic amines) is 1. The summed E-state index contributed by atoms with van der Waals surface area (Å²) in [7, 11) is 1.68. The van der Waals surface area contributed by atoms with Crippen LogP contribution in [0, 0.1) is 0 Å². The molecule has 23 heavy (non-hydrogen) atoms. The fraction of sp³-hybridized carbons (Fsp3) is 0.529. The van der Waals surface area contributed by atoms with Crippen molar-refractivity contribution in [3.05, 3.63) is 29.3 Å². The molecular formula is C17H23N3O2S. The smallest absolute Gasteiger partial charge is 0.317 e. The molecule has 1 unspecified atom stereocenters. The average molecular weight is 333 g/mol. The van der Waals surface area contributed by atoms with Crippen LogP contribution in [-0.2, 0) is 4.74 Å². The number of aromatic nitrogens is 1. The number of fused-ring (bicyclic) bond motifs is 1. The van der Waals surface area contributed by atoms with Gasteiger partial charge in [0, 0.05) is 26.8 Å². The van der Waals surface area contributed by atoms with Crippen LogP contribution in [0.25, 0.3) is 10.2 Å². The van der Waals surface area contributed by atoms with E-state index in [9.17, 15) is 4.79 Å². The Labute approximate surface area is 140 Å². The van der Waals surface area contributed by atoms with Crippen molar-refractivity contribution in [3.8, 4) is 0 Å². The van der Waals surface area contributed by atoms with Gasteiger partial charge in [-0.2, -0.15) is 0 Å². The summed E-state index contributed by atoms with van der Waals surface area (Å²) >= 11 is 1.70. The molecular weight excluding hydrogens is 310 g/mol. The number of para-hydroxylation sites is 1. The molecule has 2 heterocycles. The first-order chi connectivity index (χ1) is 11.3. The molecule has 0 aliphatic carbocycles. The van der Waals surface area contributed by atoms with E-state index < -0.39 is 0 Å². The molecule has 6 heteroatoms. The van der Waals surface area contributed by atoms with Crippen LogP contribution < -0.4 is 5.32 Å². The summed E-state index contributed by atoms with van der Waals surface area (Å²) in [5.74, 6) is 0. The third-order valence-electron chi connectivity index (χ3n) is 4.16. The van der Waals surface area contributed by atoms with E-state index in [-0.39, 0.29) is 12.1 Å². The third-order valence-corrected chi connectivity index (χ3v) is 5.30. The molecule has 1 aromatic carbocycles. The molecule has 1 fully saturated rings. The number of nitrogens with zero attached hydrogens (tertiary/aromatic N) is 2. The minimum atomic E-state index is 0.0186. The quantitative estimate of drug-likeness (QED) is 0.851. The van der Waals surface area contributed by atoms with Crippen molar-refractivity contribution in [2.24, 2.45) is 0 Å². The van der Waals surface area contributed by atoms with Gasteiger partial charge in [-0.1, -0.05) is 12.1 Å². The third kappa shape index (κ3) is 3.82. The molecule has 0 bridgehead atoms. The van der Waals surface area contributed by atoms with Gasteiger partial charge in [-0.25, -0.2) is 9.78 Å². The number of thiazole rings is 1. The molecule has 124 valence electrons. The highest BCUT2D eigenvalue weighted by Gasteiger charge is 2.30. The normalized spacial score (nSPS) is 18.3. The van der Waals surface area contributed by atoms with Crippen LogP contribution in [0.1, 0.15) is 36.7 Å². The van der Waals surface area contributed by atoms with Crippen molar-refractivity contribution >= 4 is 27.6 Å². The number of methoxy groups -OCH3 is 1. The van der Waals surface area contributed by atoms with E-state index >= 15 is 0 Å². The lowest BCUT2D eigenvalue weighted by Crippen LogP contribution is -2.45. The molecule has 0 radical (unpaired) electrons. The Morgan fingerprint density at radius 1 is 1.43 bits per heavy atom. The fourth-order valence-electron chi connectivity index (χ4n) is 2.98. The topological polar surface area (TPSA) is 54.5 Å². The second-order valence-electron chi connectivity index (χ2n) is 5.80. The van der Waals surface area contributed by atoms with Gasteiger partial charge < -0.3 is 15.0 Å². The lowest BCUT2D eigenvalue weighted by molar-refractivity contribution is 0.149. The monoisotopic (exact) mass is 333 g/mol. The van der Waals surface area contributed by atoms with Gasteiger partial charge in [-0.15, -0.1) is 11.3 Å². The molecule has 0 spiro atoms. The van der Waals surface area contributed by atoms with Crippen molar-refractivity contribution in [1.29, 1.82) is 0 Å². The molecule has 2 aromatic rings. The number of nitrogens with one attached hydrogen (secondary N) is 1. The average Bonchev–Trinajstić information content (AvgIpc) is 3.02. The highest BCUT2D eigenvalue weighted by molar-refractivity contribution is 7.18. The highest BCUT2D eigenvalue weighted by Crippen LogP contribution is 2.35. The molecule has 5 nitrogen and oxygen atoms in total. The van der Waals surface area contributed by atoms with E-state index in [0.717, 1.165) is 42.8 Å². The Kier molecular flexibility index (Phi) is 5.46. The Balaban J connectivity index is 1.71. The lowest BCUT2D eigenvalue weighted by Gasteiger charge is -2.34. The Hall–Kier alpha value is -1.66. The number of ether oxygens (including phenoxy) is 1. The lowest BCUT2D eigenvalue weighted by atomic mass is 10.0. The molecule has 1 saturated heterocycles. The molecule has 1 aliphatic rings. The van der Waals surface area contributed by atoms with E-state index in [1.54, 1.807) is 18.4 Å². The van der Waals surface area contributed by atoms with Gasteiger partial charge in [0.05, 0.1) is 16.3 Å². The first-order valence-electron chi connectivity index (χ1n) is 8.18. The van der Waals surface area contributed by atoms with E-state index in [1.807, 2.05) is 23.1 Å². The summed E-state index contributed by atoms with van der Waals surface area (Å²) in [6.07, 6.45) is 4.04. The number of carbonyl (C=O) groups excluding carboxylic acids is 1. The van der Waals surface area contributed by atoms with Crippen molar-refractivity contribution in [2.75, 3.05) is 26.8 Å². The second kappa shape index (κ2) is 7.75. The summed E-state index contributed by atoms with van der Waals surface area (Å²) in [6.45, 7) is 2.12. The Bertz CT molecular complexity index is 625. The number of amides is 2. The van der Waals surface area contributed by atoms with E-state index in [4.69, 9.17) is 9.72 Å². The van der Waals surface area contributed by atoms with Gasteiger partial charge in [0.25, 0.3) is 0 Å². The molecule has 1 atom stereocenters. The molecule has 3 rings (SSSR count). The number of carbonyl (C=O) groups is 1. The first-order valence-corrected chi connectivity index (χ1v) is 9.00. The molecule has 1 N–H and O–H groups in total. The van der Waals surface area contributed by atoms with Crippen LogP contribution >= 0.6 is 11.3 Å². The molecule has 1 aromatic heterocycles. The number of benzene rings is 1. The Morgan fingerprint density at radius 3 is 3.13 bits per heavy atom. The van der Waals surface area contributed by atoms with Crippen LogP contribution in [0.15, 0.2) is 24.3 Å². The van der Waals surface area contributed by atoms with Crippen LogP contribution in [0.5, 0.6) is 0 Å². The predicted molar refractivity (Wildman–Crippen MR) is 92.8 cm³/mol. The van der Waals surface area contributed by atoms with Crippen LogP contribution in [0.3, 0.4) is 0 Å². The summed E-state index contributed by atoms with van der Waals surface area (Å²) in [4.78, 5) is 19.2. The van der Waals surface area contributed by atoms with Gasteiger partial charge in [-0.05, 0) is 37.8 Å². The standard InChI is InChI=1S/C17H23N3O2S/c1-22-12-6-10-18-17(21)20-11-5-4-8-14(20)16-19-13-7-2-3-9-15(13)23-16/h2-3,7,9,14H,4-6,8,10-12H2,1H3,(H,18,21). The van der Waals surface area contributed by atoms with E-state index in [2.05, 4.69) is 11.4 Å². The zero-order valence-electron chi connectivity index (χ0n) is 13.5. The number of hydrogen-bond donors (Lipinski definition) is 1. The number of rotatable bonds is 5. The zero-order chi connectivity index (χ0) is 16.1. The van der Waals surface area contributed by atoms with Crippen molar-refractivity contribution in [2.45, 2.75) is 31.7 Å². The van der Waals surface area contributed by atoms with E-state index in [0.29, 0.717) is 13.2 Å². The minimum absolute atomic E-state index is 0.0186. The van der Waals surface area contributed by atoms with Gasteiger partial charge in [0.2, 0.25) is 0 Å². The van der Waals surface area contributed by atoms with Gasteiger partial charge in [0.1, 0.15) is 5.01 Å². The summed E-state index contributed by atoms with van der Waals surface area (Å²) in [5.41, 5.74) is 1.03.